The van der Waals surface area contributed by atoms with Gasteiger partial charge in [0.1, 0.15) is 58.0 Å². The number of carbonyl (C=O) groups is 6. The Hall–Kier alpha value is -12.6. The first kappa shape index (κ1) is 67.3. The minimum Gasteiger partial charge on any atom is -0.497 e. The molecule has 0 fully saturated rings. The van der Waals surface area contributed by atoms with Crippen molar-refractivity contribution in [3.63, 3.8) is 0 Å². The molecule has 0 aliphatic carbocycles. The van der Waals surface area contributed by atoms with Crippen LogP contribution < -0.4 is 23.7 Å². The van der Waals surface area contributed by atoms with Crippen LogP contribution in [0, 0.1) is 20.8 Å². The molecule has 0 bridgehead atoms. The minimum absolute atomic E-state index is 0.0154. The molecule has 0 saturated carbocycles. The van der Waals surface area contributed by atoms with E-state index in [2.05, 4.69) is 13.5 Å². The van der Waals surface area contributed by atoms with Gasteiger partial charge in [-0.2, -0.15) is 0 Å². The van der Waals surface area contributed by atoms with Crippen LogP contribution in [0.5, 0.6) is 51.7 Å². The lowest BCUT2D eigenvalue weighted by molar-refractivity contribution is 0.101. The van der Waals surface area contributed by atoms with E-state index in [0.29, 0.717) is 90.1 Å². The third-order valence-electron chi connectivity index (χ3n) is 15.7. The van der Waals surface area contributed by atoms with Crippen LogP contribution in [0.2, 0.25) is 0 Å². The van der Waals surface area contributed by atoms with Crippen LogP contribution >= 0.6 is 0 Å². The molecule has 0 heterocycles. The van der Waals surface area contributed by atoms with E-state index in [4.69, 9.17) is 23.7 Å². The molecule has 0 saturated heterocycles. The van der Waals surface area contributed by atoms with Gasteiger partial charge >= 0.3 is 0 Å². The predicted octanol–water partition coefficient (Wildman–Crippen LogP) is 20.8. The molecule has 11 heteroatoms. The number of allylic oxidation sites excluding steroid dienone is 1. The van der Waals surface area contributed by atoms with Crippen molar-refractivity contribution in [1.29, 1.82) is 0 Å². The molecule has 0 unspecified atom stereocenters. The Morgan fingerprint density at radius 3 is 0.804 bits per heavy atom. The van der Waals surface area contributed by atoms with Gasteiger partial charge in [-0.05, 0) is 227 Å². The summed E-state index contributed by atoms with van der Waals surface area (Å²) in [5, 5.41) is 0. The molecule has 0 aliphatic rings. The molecule has 12 aromatic rings. The molecule has 0 aliphatic heterocycles. The average Bonchev–Trinajstić information content (AvgIpc) is 1.01. The first-order valence-corrected chi connectivity index (χ1v) is 31.2. The third-order valence-corrected chi connectivity index (χ3v) is 15.7. The van der Waals surface area contributed by atoms with Crippen LogP contribution in [-0.4, -0.2) is 42.3 Å². The highest BCUT2D eigenvalue weighted by atomic mass is 16.5. The predicted molar refractivity (Wildman–Crippen MR) is 381 cm³/mol. The van der Waals surface area contributed by atoms with Crippen LogP contribution in [0.15, 0.2) is 292 Å². The first-order valence-electron chi connectivity index (χ1n) is 31.2. The van der Waals surface area contributed by atoms with Gasteiger partial charge in [-0.25, -0.2) is 0 Å². The second-order valence-corrected chi connectivity index (χ2v) is 22.9. The van der Waals surface area contributed by atoms with Gasteiger partial charge in [0.25, 0.3) is 0 Å². The second-order valence-electron chi connectivity index (χ2n) is 22.9. The molecule has 12 rings (SSSR count). The molecular formula is C86H68O11. The fourth-order valence-corrected chi connectivity index (χ4v) is 9.96. The minimum atomic E-state index is -0.140. The number of carbonyl (C=O) groups excluding carboxylic acids is 6. The number of rotatable bonds is 21. The lowest BCUT2D eigenvalue weighted by Crippen LogP contribution is -2.02. The van der Waals surface area contributed by atoms with Gasteiger partial charge in [0, 0.05) is 55.6 Å². The van der Waals surface area contributed by atoms with E-state index in [1.807, 2.05) is 148 Å². The van der Waals surface area contributed by atoms with Crippen molar-refractivity contribution < 1.29 is 52.5 Å². The van der Waals surface area contributed by atoms with Crippen molar-refractivity contribution in [1.82, 2.24) is 0 Å². The summed E-state index contributed by atoms with van der Waals surface area (Å²) < 4.78 is 28.5. The molecule has 97 heavy (non-hydrogen) atoms. The summed E-state index contributed by atoms with van der Waals surface area (Å²) in [4.78, 5) is 73.5. The number of hydrogen-bond donors (Lipinski definition) is 0. The Morgan fingerprint density at radius 1 is 0.289 bits per heavy atom. The van der Waals surface area contributed by atoms with E-state index < -0.39 is 0 Å². The maximum Gasteiger partial charge on any atom is 0.193 e. The standard InChI is InChI=1S/C35H26O5.C29H24O2.C22H18O4/c1-23-3-15-30(16-4-23)39-31-17-11-28(12-18-31)35(38)29-13-21-33(22-14-29)40-32-19-9-27(10-20-32)34(37)26-7-5-25(6-8-26)24(2)36;1-20(2)22-6-10-25(11-7-22)29(30)26-12-8-23(9-13-26)24-14-18-28(19-15-24)31-27-16-4-21(3)5-17-27;1-15-3-8-21(13-18(15)14-23)26-20-11-6-17(7-12-20)22(24)16-4-9-19(25-2)10-5-16/h3-22H,1-2H3;4-19H,1H2,2-3H3;3-14H,1-2H3. The molecule has 11 nitrogen and oxygen atoms in total. The molecule has 12 aromatic carbocycles. The normalized spacial score (nSPS) is 10.5. The molecule has 0 atom stereocenters. The van der Waals surface area contributed by atoms with Gasteiger partial charge in [-0.1, -0.05) is 139 Å². The Balaban J connectivity index is 0.000000162. The number of methoxy groups -OCH3 is 1. The van der Waals surface area contributed by atoms with E-state index in [-0.39, 0.29) is 28.9 Å². The van der Waals surface area contributed by atoms with Gasteiger partial charge in [0.15, 0.2) is 28.9 Å². The Morgan fingerprint density at radius 2 is 0.515 bits per heavy atom. The molecule has 0 spiro atoms. The van der Waals surface area contributed by atoms with E-state index >= 15 is 0 Å². The van der Waals surface area contributed by atoms with Crippen LogP contribution in [0.25, 0.3) is 16.7 Å². The van der Waals surface area contributed by atoms with Crippen LogP contribution in [0.3, 0.4) is 0 Å². The van der Waals surface area contributed by atoms with Crippen LogP contribution in [0.1, 0.15) is 121 Å². The monoisotopic (exact) mass is 1280 g/mol. The van der Waals surface area contributed by atoms with Crippen molar-refractivity contribution in [3.8, 4) is 62.9 Å². The lowest BCUT2D eigenvalue weighted by Gasteiger charge is -2.09. The summed E-state index contributed by atoms with van der Waals surface area (Å²) in [5.41, 5.74) is 13.2. The number of aldehydes is 1. The van der Waals surface area contributed by atoms with E-state index in [1.54, 1.807) is 165 Å². The van der Waals surface area contributed by atoms with Gasteiger partial charge in [-0.3, -0.25) is 28.8 Å². The SMILES string of the molecule is C=C(C)c1ccc(C(=O)c2ccc(-c3ccc(Oc4ccc(C)cc4)cc3)cc2)cc1.CC(=O)c1ccc(C(=O)c2ccc(Oc3ccc(C(=O)c4ccc(Oc5ccc(C)cc5)cc4)cc3)cc2)cc1.COc1ccc(C(=O)c2ccc(Oc3ccc(C)c(C=O)c3)cc2)cc1. The lowest BCUT2D eigenvalue weighted by atomic mass is 9.98. The number of ketones is 5. The summed E-state index contributed by atoms with van der Waals surface area (Å²) >= 11 is 0. The average molecular weight is 1280 g/mol. The zero-order valence-corrected chi connectivity index (χ0v) is 54.4. The fraction of sp³-hybridized carbons (Fsp3) is 0.0698. The molecule has 0 radical (unpaired) electrons. The highest BCUT2D eigenvalue weighted by Crippen LogP contribution is 2.31. The van der Waals surface area contributed by atoms with Gasteiger partial charge in [-0.15, -0.1) is 0 Å². The maximum atomic E-state index is 13.0. The summed E-state index contributed by atoms with van der Waals surface area (Å²) in [6.45, 7) is 13.3. The summed E-state index contributed by atoms with van der Waals surface area (Å²) in [7, 11) is 1.58. The maximum absolute atomic E-state index is 13.0. The zero-order valence-electron chi connectivity index (χ0n) is 54.4. The van der Waals surface area contributed by atoms with Crippen LogP contribution in [0.4, 0.5) is 0 Å². The van der Waals surface area contributed by atoms with Crippen molar-refractivity contribution in [2.24, 2.45) is 0 Å². The second kappa shape index (κ2) is 31.8. The highest BCUT2D eigenvalue weighted by molar-refractivity contribution is 6.11. The number of Topliss-reactive ketones (excluding diaryl/α,β-unsaturated/α-hetero) is 1. The third kappa shape index (κ3) is 18.2. The number of hydrogen-bond acceptors (Lipinski definition) is 11. The molecule has 0 amide bonds. The Labute approximate surface area is 564 Å². The van der Waals surface area contributed by atoms with Crippen molar-refractivity contribution in [3.05, 3.63) is 370 Å². The van der Waals surface area contributed by atoms with Gasteiger partial charge in [0.2, 0.25) is 0 Å². The largest absolute Gasteiger partial charge is 0.497 e. The quantitative estimate of drug-likeness (QED) is 0.0500. The Bertz CT molecular complexity index is 4730. The van der Waals surface area contributed by atoms with E-state index in [1.165, 1.54) is 12.5 Å². The first-order chi connectivity index (χ1) is 46.9. The number of benzene rings is 12. The summed E-state index contributed by atoms with van der Waals surface area (Å²) in [6.07, 6.45) is 0.804. The highest BCUT2D eigenvalue weighted by Gasteiger charge is 2.15. The topological polar surface area (TPSA) is 149 Å². The number of ether oxygens (including phenoxy) is 5. The Kier molecular flexibility index (Phi) is 22.1. The van der Waals surface area contributed by atoms with Gasteiger partial charge in [0.05, 0.1) is 7.11 Å². The van der Waals surface area contributed by atoms with Crippen molar-refractivity contribution >= 4 is 40.8 Å². The smallest absolute Gasteiger partial charge is 0.193 e. The van der Waals surface area contributed by atoms with Gasteiger partial charge < -0.3 is 23.7 Å². The molecule has 478 valence electrons. The molecule has 0 aromatic heterocycles. The van der Waals surface area contributed by atoms with E-state index in [0.717, 1.165) is 56.9 Å². The van der Waals surface area contributed by atoms with Crippen molar-refractivity contribution in [2.45, 2.75) is 34.6 Å². The zero-order chi connectivity index (χ0) is 68.4. The van der Waals surface area contributed by atoms with Crippen LogP contribution in [-0.2, 0) is 0 Å². The van der Waals surface area contributed by atoms with E-state index in [9.17, 15) is 28.8 Å². The fourth-order valence-electron chi connectivity index (χ4n) is 9.96. The summed E-state index contributed by atoms with van der Waals surface area (Å²) in [6, 6.07) is 85.6. The molecular weight excluding hydrogens is 1210 g/mol. The molecule has 0 N–H and O–H groups in total. The number of aryl methyl sites for hydroxylation is 3. The summed E-state index contributed by atoms with van der Waals surface area (Å²) in [5.74, 6) is 5.66. The van der Waals surface area contributed by atoms with Crippen molar-refractivity contribution in [2.75, 3.05) is 7.11 Å².